The summed E-state index contributed by atoms with van der Waals surface area (Å²) >= 11 is 0. The van der Waals surface area contributed by atoms with E-state index in [2.05, 4.69) is 39.8 Å². The zero-order valence-electron chi connectivity index (χ0n) is 17.9. The Morgan fingerprint density at radius 2 is 1.39 bits per heavy atom. The molecule has 0 aliphatic heterocycles. The number of hydrazone groups is 1. The molecule has 6 nitrogen and oxygen atoms in total. The number of carbonyl (C=O) groups is 2. The maximum Gasteiger partial charge on any atom is 0.343 e. The second kappa shape index (κ2) is 10.2. The quantitative estimate of drug-likeness (QED) is 0.199. The summed E-state index contributed by atoms with van der Waals surface area (Å²) in [4.78, 5) is 28.3. The van der Waals surface area contributed by atoms with Gasteiger partial charge >= 0.3 is 5.97 Å². The molecule has 0 saturated heterocycles. The number of ether oxygens (including phenoxy) is 1. The Morgan fingerprint density at radius 3 is 2.03 bits per heavy atom. The van der Waals surface area contributed by atoms with Crippen molar-refractivity contribution in [3.05, 3.63) is 120 Å². The molecule has 4 aromatic rings. The van der Waals surface area contributed by atoms with Gasteiger partial charge in [-0.2, -0.15) is 5.10 Å². The predicted molar refractivity (Wildman–Crippen MR) is 127 cm³/mol. The summed E-state index contributed by atoms with van der Waals surface area (Å²) in [5, 5.41) is 3.94. The molecule has 0 bridgehead atoms. The van der Waals surface area contributed by atoms with Crippen LogP contribution in [0, 0.1) is 6.92 Å². The van der Waals surface area contributed by atoms with Crippen LogP contribution >= 0.6 is 0 Å². The summed E-state index contributed by atoms with van der Waals surface area (Å²) in [6.07, 6.45) is 4.59. The zero-order valence-corrected chi connectivity index (χ0v) is 17.9. The SMILES string of the molecule is Cc1ccc(-c2ccc(C(=O)Oc3ccc(C=NNC(=O)c4ccncc4)cc3)cc2)cc1. The lowest BCUT2D eigenvalue weighted by atomic mass is 10.0. The third-order valence-electron chi connectivity index (χ3n) is 4.92. The molecule has 0 unspecified atom stereocenters. The number of esters is 1. The van der Waals surface area contributed by atoms with Crippen LogP contribution in [-0.2, 0) is 0 Å². The smallest absolute Gasteiger partial charge is 0.343 e. The van der Waals surface area contributed by atoms with Gasteiger partial charge in [0.1, 0.15) is 5.75 Å². The van der Waals surface area contributed by atoms with E-state index in [1.807, 2.05) is 19.1 Å². The number of benzene rings is 3. The number of pyridine rings is 1. The van der Waals surface area contributed by atoms with Crippen LogP contribution < -0.4 is 10.2 Å². The van der Waals surface area contributed by atoms with Crippen molar-refractivity contribution in [2.45, 2.75) is 6.92 Å². The van der Waals surface area contributed by atoms with Crippen molar-refractivity contribution in [2.24, 2.45) is 5.10 Å². The lowest BCUT2D eigenvalue weighted by molar-refractivity contribution is 0.0734. The summed E-state index contributed by atoms with van der Waals surface area (Å²) in [6.45, 7) is 2.05. The van der Waals surface area contributed by atoms with Gasteiger partial charge in [0.15, 0.2) is 0 Å². The number of carbonyl (C=O) groups excluding carboxylic acids is 2. The van der Waals surface area contributed by atoms with Crippen LogP contribution in [0.15, 0.2) is 102 Å². The van der Waals surface area contributed by atoms with E-state index in [9.17, 15) is 9.59 Å². The molecular formula is C27H21N3O3. The van der Waals surface area contributed by atoms with Gasteiger partial charge in [-0.25, -0.2) is 10.2 Å². The van der Waals surface area contributed by atoms with Gasteiger partial charge in [-0.05, 0) is 72.1 Å². The number of aryl methyl sites for hydroxylation is 1. The van der Waals surface area contributed by atoms with Gasteiger partial charge in [0.2, 0.25) is 0 Å². The maximum absolute atomic E-state index is 12.5. The lowest BCUT2D eigenvalue weighted by Crippen LogP contribution is -2.17. The summed E-state index contributed by atoms with van der Waals surface area (Å²) in [5.41, 5.74) is 7.46. The first kappa shape index (κ1) is 21.6. The molecule has 0 atom stereocenters. The van der Waals surface area contributed by atoms with E-state index in [-0.39, 0.29) is 5.91 Å². The Morgan fingerprint density at radius 1 is 0.788 bits per heavy atom. The van der Waals surface area contributed by atoms with Crippen LogP contribution in [0.2, 0.25) is 0 Å². The van der Waals surface area contributed by atoms with Crippen molar-refractivity contribution in [1.82, 2.24) is 10.4 Å². The zero-order chi connectivity index (χ0) is 23.0. The van der Waals surface area contributed by atoms with Crippen LogP contribution in [0.4, 0.5) is 0 Å². The second-order valence-corrected chi connectivity index (χ2v) is 7.34. The molecule has 4 rings (SSSR count). The first-order chi connectivity index (χ1) is 16.1. The Balaban J connectivity index is 1.33. The number of amides is 1. The van der Waals surface area contributed by atoms with Crippen LogP contribution in [0.3, 0.4) is 0 Å². The molecule has 3 aromatic carbocycles. The summed E-state index contributed by atoms with van der Waals surface area (Å²) in [7, 11) is 0. The minimum absolute atomic E-state index is 0.326. The first-order valence-corrected chi connectivity index (χ1v) is 10.3. The molecule has 0 radical (unpaired) electrons. The van der Waals surface area contributed by atoms with E-state index in [0.29, 0.717) is 16.9 Å². The Labute approximate surface area is 191 Å². The fraction of sp³-hybridized carbons (Fsp3) is 0.0370. The Hall–Kier alpha value is -4.58. The average Bonchev–Trinajstić information content (AvgIpc) is 2.86. The number of nitrogens with zero attached hydrogens (tertiary/aromatic N) is 2. The molecule has 1 heterocycles. The van der Waals surface area contributed by atoms with E-state index in [1.54, 1.807) is 48.5 Å². The van der Waals surface area contributed by atoms with Crippen molar-refractivity contribution in [1.29, 1.82) is 0 Å². The monoisotopic (exact) mass is 435 g/mol. The fourth-order valence-electron chi connectivity index (χ4n) is 3.07. The van der Waals surface area contributed by atoms with Gasteiger partial charge in [0.05, 0.1) is 11.8 Å². The van der Waals surface area contributed by atoms with E-state index >= 15 is 0 Å². The van der Waals surface area contributed by atoms with Crippen LogP contribution in [-0.4, -0.2) is 23.1 Å². The highest BCUT2D eigenvalue weighted by Gasteiger charge is 2.09. The molecular weight excluding hydrogens is 414 g/mol. The fourth-order valence-corrected chi connectivity index (χ4v) is 3.07. The van der Waals surface area contributed by atoms with Gasteiger partial charge < -0.3 is 4.74 Å². The van der Waals surface area contributed by atoms with Crippen LogP contribution in [0.5, 0.6) is 5.75 Å². The van der Waals surface area contributed by atoms with Crippen molar-refractivity contribution in [3.8, 4) is 16.9 Å². The van der Waals surface area contributed by atoms with Crippen LogP contribution in [0.1, 0.15) is 31.8 Å². The largest absolute Gasteiger partial charge is 0.423 e. The van der Waals surface area contributed by atoms with Gasteiger partial charge in [-0.1, -0.05) is 42.0 Å². The third kappa shape index (κ3) is 5.77. The van der Waals surface area contributed by atoms with Gasteiger partial charge in [-0.15, -0.1) is 0 Å². The topological polar surface area (TPSA) is 80.6 Å². The highest BCUT2D eigenvalue weighted by Crippen LogP contribution is 2.21. The highest BCUT2D eigenvalue weighted by atomic mass is 16.5. The number of hydrogen-bond acceptors (Lipinski definition) is 5. The van der Waals surface area contributed by atoms with E-state index in [4.69, 9.17) is 4.74 Å². The summed E-state index contributed by atoms with van der Waals surface area (Å²) in [6, 6.07) is 25.6. The molecule has 1 N–H and O–H groups in total. The molecule has 0 fully saturated rings. The standard InChI is InChI=1S/C27H21N3O3/c1-19-2-6-21(7-3-19)22-8-10-24(11-9-22)27(32)33-25-12-4-20(5-13-25)18-29-30-26(31)23-14-16-28-17-15-23/h2-18H,1H3,(H,30,31). The average molecular weight is 435 g/mol. The lowest BCUT2D eigenvalue weighted by Gasteiger charge is -2.06. The molecule has 1 amide bonds. The molecule has 162 valence electrons. The molecule has 0 saturated carbocycles. The number of nitrogens with one attached hydrogen (secondary N) is 1. The number of aromatic nitrogens is 1. The minimum Gasteiger partial charge on any atom is -0.423 e. The normalized spacial score (nSPS) is 10.7. The Kier molecular flexibility index (Phi) is 6.66. The number of hydrogen-bond donors (Lipinski definition) is 1. The van der Waals surface area contributed by atoms with E-state index < -0.39 is 5.97 Å². The van der Waals surface area contributed by atoms with Gasteiger partial charge in [0.25, 0.3) is 5.91 Å². The highest BCUT2D eigenvalue weighted by molar-refractivity contribution is 5.94. The molecule has 0 aliphatic rings. The third-order valence-corrected chi connectivity index (χ3v) is 4.92. The number of rotatable bonds is 6. The molecule has 1 aromatic heterocycles. The molecule has 6 heteroatoms. The maximum atomic E-state index is 12.5. The van der Waals surface area contributed by atoms with Crippen molar-refractivity contribution in [3.63, 3.8) is 0 Å². The molecule has 0 aliphatic carbocycles. The minimum atomic E-state index is -0.434. The van der Waals surface area contributed by atoms with Gasteiger partial charge in [0, 0.05) is 18.0 Å². The summed E-state index contributed by atoms with van der Waals surface area (Å²) < 4.78 is 5.46. The predicted octanol–water partition coefficient (Wildman–Crippen LogP) is 5.04. The van der Waals surface area contributed by atoms with Crippen molar-refractivity contribution < 1.29 is 14.3 Å². The Bertz CT molecular complexity index is 1270. The molecule has 0 spiro atoms. The van der Waals surface area contributed by atoms with Crippen LogP contribution in [0.25, 0.3) is 11.1 Å². The summed E-state index contributed by atoms with van der Waals surface area (Å²) in [5.74, 6) is -0.343. The molecule has 33 heavy (non-hydrogen) atoms. The van der Waals surface area contributed by atoms with E-state index in [1.165, 1.54) is 24.2 Å². The van der Waals surface area contributed by atoms with Gasteiger partial charge in [-0.3, -0.25) is 9.78 Å². The van der Waals surface area contributed by atoms with E-state index in [0.717, 1.165) is 16.7 Å². The van der Waals surface area contributed by atoms with Crippen molar-refractivity contribution >= 4 is 18.1 Å². The van der Waals surface area contributed by atoms with Crippen molar-refractivity contribution in [2.75, 3.05) is 0 Å². The first-order valence-electron chi connectivity index (χ1n) is 10.3. The second-order valence-electron chi connectivity index (χ2n) is 7.34.